The molecule has 2 N–H and O–H groups in total. The van der Waals surface area contributed by atoms with E-state index in [1.807, 2.05) is 0 Å². The molecule has 0 heterocycles. The number of hydrogen-bond acceptors (Lipinski definition) is 2. The highest BCUT2D eigenvalue weighted by Crippen LogP contribution is 2.39. The molecule has 8 heteroatoms. The van der Waals surface area contributed by atoms with Crippen LogP contribution in [-0.2, 0) is 11.2 Å². The van der Waals surface area contributed by atoms with Crippen LogP contribution < -0.4 is 0 Å². The molecule has 0 fully saturated rings. The van der Waals surface area contributed by atoms with Crippen LogP contribution in [0.5, 0.6) is 0 Å². The molecule has 0 amide bonds. The third-order valence-electron chi connectivity index (χ3n) is 3.94. The van der Waals surface area contributed by atoms with Crippen LogP contribution >= 0.6 is 0 Å². The Labute approximate surface area is 151 Å². The van der Waals surface area contributed by atoms with Gasteiger partial charge in [0.25, 0.3) is 0 Å². The summed E-state index contributed by atoms with van der Waals surface area (Å²) in [5.41, 5.74) is -8.16. The molecule has 0 spiro atoms. The molecule has 0 saturated carbocycles. The molecule has 27 heavy (non-hydrogen) atoms. The van der Waals surface area contributed by atoms with Crippen LogP contribution in [0.2, 0.25) is 0 Å². The first-order valence-corrected chi connectivity index (χ1v) is 7.57. The third-order valence-corrected chi connectivity index (χ3v) is 3.94. The van der Waals surface area contributed by atoms with Crippen molar-refractivity contribution in [2.24, 2.45) is 0 Å². The minimum absolute atomic E-state index is 0.375. The predicted molar refractivity (Wildman–Crippen MR) is 84.8 cm³/mol. The fourth-order valence-corrected chi connectivity index (χ4v) is 2.35. The number of aliphatic hydroxyl groups is 2. The summed E-state index contributed by atoms with van der Waals surface area (Å²) in [4.78, 5) is 0. The maximum Gasteiger partial charge on any atom is 0.433 e. The van der Waals surface area contributed by atoms with Crippen LogP contribution in [0.3, 0.4) is 0 Å². The van der Waals surface area contributed by atoms with Gasteiger partial charge in [0.2, 0.25) is 5.60 Å². The van der Waals surface area contributed by atoms with Crippen LogP contribution in [0, 0.1) is 36.2 Å². The molecular formula is C19H14F6O2. The number of halogens is 6. The van der Waals surface area contributed by atoms with Gasteiger partial charge in [0, 0.05) is 11.1 Å². The normalized spacial score (nSPS) is 16.1. The van der Waals surface area contributed by atoms with E-state index in [0.29, 0.717) is 0 Å². The standard InChI is InChI=1S/C19H14F6O2/c1-11-10-13(15(21)16(22)14(11)20)17(2,26)8-9-18(27,19(23,24)25)12-6-4-3-5-7-12/h3-7,10,26-27H,1-2H3/t17-,18+/m1/s1. The molecule has 0 bridgehead atoms. The number of hydrogen-bond donors (Lipinski definition) is 2. The van der Waals surface area contributed by atoms with Gasteiger partial charge in [-0.05, 0) is 25.5 Å². The smallest absolute Gasteiger partial charge is 0.374 e. The van der Waals surface area contributed by atoms with Crippen molar-refractivity contribution in [2.75, 3.05) is 0 Å². The first-order chi connectivity index (χ1) is 12.3. The fraction of sp³-hybridized carbons (Fsp3) is 0.263. The average molecular weight is 388 g/mol. The lowest BCUT2D eigenvalue weighted by Crippen LogP contribution is -2.41. The van der Waals surface area contributed by atoms with Crippen molar-refractivity contribution in [3.63, 3.8) is 0 Å². The number of rotatable bonds is 2. The van der Waals surface area contributed by atoms with Gasteiger partial charge in [-0.3, -0.25) is 0 Å². The molecule has 2 atom stereocenters. The predicted octanol–water partition coefficient (Wildman–Crippen LogP) is 4.07. The van der Waals surface area contributed by atoms with Crippen molar-refractivity contribution in [3.8, 4) is 11.8 Å². The van der Waals surface area contributed by atoms with Crippen molar-refractivity contribution < 1.29 is 36.6 Å². The van der Waals surface area contributed by atoms with E-state index in [2.05, 4.69) is 0 Å². The van der Waals surface area contributed by atoms with Gasteiger partial charge >= 0.3 is 6.18 Å². The van der Waals surface area contributed by atoms with E-state index >= 15 is 0 Å². The zero-order chi connectivity index (χ0) is 20.6. The van der Waals surface area contributed by atoms with E-state index in [1.165, 1.54) is 24.1 Å². The van der Waals surface area contributed by atoms with Gasteiger partial charge < -0.3 is 10.2 Å². The van der Waals surface area contributed by atoms with E-state index < -0.39 is 46.0 Å². The van der Waals surface area contributed by atoms with Crippen molar-refractivity contribution in [3.05, 3.63) is 70.5 Å². The summed E-state index contributed by atoms with van der Waals surface area (Å²) in [5.74, 6) is -1.90. The minimum Gasteiger partial charge on any atom is -0.374 e. The van der Waals surface area contributed by atoms with Gasteiger partial charge in [0.15, 0.2) is 23.1 Å². The van der Waals surface area contributed by atoms with E-state index in [0.717, 1.165) is 32.0 Å². The fourth-order valence-electron chi connectivity index (χ4n) is 2.35. The van der Waals surface area contributed by atoms with Gasteiger partial charge in [0.1, 0.15) is 0 Å². The summed E-state index contributed by atoms with van der Waals surface area (Å²) in [6.45, 7) is 1.89. The molecule has 0 aromatic heterocycles. The lowest BCUT2D eigenvalue weighted by atomic mass is 9.89. The third kappa shape index (κ3) is 3.80. The number of alkyl halides is 3. The molecule has 0 aliphatic carbocycles. The Balaban J connectivity index is 2.62. The second-order valence-corrected chi connectivity index (χ2v) is 6.08. The Morgan fingerprint density at radius 1 is 0.852 bits per heavy atom. The zero-order valence-electron chi connectivity index (χ0n) is 14.1. The Kier molecular flexibility index (Phi) is 5.32. The second-order valence-electron chi connectivity index (χ2n) is 6.08. The topological polar surface area (TPSA) is 40.5 Å². The lowest BCUT2D eigenvalue weighted by Gasteiger charge is -2.26. The molecular weight excluding hydrogens is 374 g/mol. The average Bonchev–Trinajstić information content (AvgIpc) is 2.60. The van der Waals surface area contributed by atoms with Gasteiger partial charge in [0.05, 0.1) is 0 Å². The molecule has 2 aromatic rings. The summed E-state index contributed by atoms with van der Waals surface area (Å²) < 4.78 is 81.2. The summed E-state index contributed by atoms with van der Waals surface area (Å²) in [6.07, 6.45) is -5.25. The Morgan fingerprint density at radius 2 is 1.41 bits per heavy atom. The molecule has 2 nitrogen and oxygen atoms in total. The maximum atomic E-state index is 14.0. The Hall–Kier alpha value is -2.50. The largest absolute Gasteiger partial charge is 0.433 e. The van der Waals surface area contributed by atoms with E-state index in [4.69, 9.17) is 0 Å². The Morgan fingerprint density at radius 3 is 1.93 bits per heavy atom. The van der Waals surface area contributed by atoms with Crippen LogP contribution in [0.15, 0.2) is 36.4 Å². The van der Waals surface area contributed by atoms with Gasteiger partial charge in [-0.2, -0.15) is 13.2 Å². The van der Waals surface area contributed by atoms with Crippen LogP contribution in [-0.4, -0.2) is 16.4 Å². The van der Waals surface area contributed by atoms with Crippen LogP contribution in [0.4, 0.5) is 26.3 Å². The highest BCUT2D eigenvalue weighted by atomic mass is 19.4. The quantitative estimate of drug-likeness (QED) is 0.463. The first kappa shape index (κ1) is 20.8. The van der Waals surface area contributed by atoms with Crippen LogP contribution in [0.25, 0.3) is 0 Å². The van der Waals surface area contributed by atoms with E-state index in [1.54, 1.807) is 5.92 Å². The number of benzene rings is 2. The molecule has 144 valence electrons. The van der Waals surface area contributed by atoms with Gasteiger partial charge in [-0.25, -0.2) is 13.2 Å². The lowest BCUT2D eigenvalue weighted by molar-refractivity contribution is -0.240. The highest BCUT2D eigenvalue weighted by molar-refractivity contribution is 5.40. The second kappa shape index (κ2) is 6.91. The van der Waals surface area contributed by atoms with Crippen molar-refractivity contribution in [2.45, 2.75) is 31.2 Å². The molecule has 0 saturated heterocycles. The molecule has 2 rings (SSSR count). The summed E-state index contributed by atoms with van der Waals surface area (Å²) in [6, 6.07) is 6.58. The SMILES string of the molecule is Cc1cc([C@](C)(O)C#C[C@](O)(c2ccccc2)C(F)(F)F)c(F)c(F)c1F. The molecule has 0 aliphatic rings. The van der Waals surface area contributed by atoms with Crippen molar-refractivity contribution in [1.29, 1.82) is 0 Å². The molecule has 2 aromatic carbocycles. The monoisotopic (exact) mass is 388 g/mol. The summed E-state index contributed by atoms with van der Waals surface area (Å²) in [7, 11) is 0. The number of aryl methyl sites for hydroxylation is 1. The van der Waals surface area contributed by atoms with Crippen molar-refractivity contribution in [1.82, 2.24) is 0 Å². The maximum absolute atomic E-state index is 14.0. The van der Waals surface area contributed by atoms with E-state index in [9.17, 15) is 36.6 Å². The summed E-state index contributed by atoms with van der Waals surface area (Å²) >= 11 is 0. The Bertz CT molecular complexity index is 910. The molecule has 0 radical (unpaired) electrons. The molecule has 0 unspecified atom stereocenters. The molecule has 0 aliphatic heterocycles. The minimum atomic E-state index is -5.25. The van der Waals surface area contributed by atoms with Gasteiger partial charge in [-0.15, -0.1) is 0 Å². The zero-order valence-corrected chi connectivity index (χ0v) is 14.1. The highest BCUT2D eigenvalue weighted by Gasteiger charge is 2.54. The summed E-state index contributed by atoms with van der Waals surface area (Å²) in [5, 5.41) is 20.4. The van der Waals surface area contributed by atoms with Crippen LogP contribution in [0.1, 0.15) is 23.6 Å². The van der Waals surface area contributed by atoms with Gasteiger partial charge in [-0.1, -0.05) is 42.2 Å². The first-order valence-electron chi connectivity index (χ1n) is 7.57. The van der Waals surface area contributed by atoms with E-state index in [-0.39, 0.29) is 5.56 Å². The van der Waals surface area contributed by atoms with Crippen molar-refractivity contribution >= 4 is 0 Å².